The summed E-state index contributed by atoms with van der Waals surface area (Å²) in [5, 5.41) is 3.66. The molecular formula is C29H32ClFN2O2. The molecule has 0 radical (unpaired) electrons. The van der Waals surface area contributed by atoms with Crippen molar-refractivity contribution >= 4 is 23.4 Å². The Balaban J connectivity index is 1.91. The third kappa shape index (κ3) is 7.93. The van der Waals surface area contributed by atoms with Crippen LogP contribution in [0.25, 0.3) is 0 Å². The second kappa shape index (κ2) is 13.1. The largest absolute Gasteiger partial charge is 0.352 e. The van der Waals surface area contributed by atoms with E-state index in [4.69, 9.17) is 11.6 Å². The lowest BCUT2D eigenvalue weighted by Crippen LogP contribution is -2.52. The number of aryl methyl sites for hydroxylation is 1. The van der Waals surface area contributed by atoms with Crippen molar-refractivity contribution in [3.8, 4) is 0 Å². The molecule has 0 fully saturated rings. The SMILES string of the molecule is CC[C@H](C)NC(=O)[C@@H](Cc1ccccc1)N(Cc1ccc(F)cc1)C(=O)CCc1ccccc1Cl. The number of amides is 2. The number of carbonyl (C=O) groups is 2. The average Bonchev–Trinajstić information content (AvgIpc) is 2.87. The molecule has 2 amide bonds. The van der Waals surface area contributed by atoms with Gasteiger partial charge >= 0.3 is 0 Å². The predicted molar refractivity (Wildman–Crippen MR) is 139 cm³/mol. The number of benzene rings is 3. The smallest absolute Gasteiger partial charge is 0.243 e. The van der Waals surface area contributed by atoms with Crippen molar-refractivity contribution in [2.45, 2.75) is 58.2 Å². The van der Waals surface area contributed by atoms with E-state index in [0.29, 0.717) is 17.9 Å². The molecule has 3 aromatic carbocycles. The summed E-state index contributed by atoms with van der Waals surface area (Å²) in [7, 11) is 0. The molecule has 6 heteroatoms. The Kier molecular flexibility index (Phi) is 9.86. The van der Waals surface area contributed by atoms with Gasteiger partial charge in [-0.25, -0.2) is 4.39 Å². The lowest BCUT2D eigenvalue weighted by atomic mass is 10.0. The van der Waals surface area contributed by atoms with Gasteiger partial charge in [-0.05, 0) is 54.7 Å². The van der Waals surface area contributed by atoms with Gasteiger partial charge in [0.2, 0.25) is 11.8 Å². The summed E-state index contributed by atoms with van der Waals surface area (Å²) in [6.07, 6.45) is 1.82. The van der Waals surface area contributed by atoms with E-state index in [-0.39, 0.29) is 36.6 Å². The highest BCUT2D eigenvalue weighted by molar-refractivity contribution is 6.31. The van der Waals surface area contributed by atoms with Crippen LogP contribution in [0.5, 0.6) is 0 Å². The summed E-state index contributed by atoms with van der Waals surface area (Å²) in [6.45, 7) is 4.15. The van der Waals surface area contributed by atoms with Gasteiger partial charge in [0.25, 0.3) is 0 Å². The van der Waals surface area contributed by atoms with E-state index >= 15 is 0 Å². The molecule has 0 aromatic heterocycles. The fourth-order valence-electron chi connectivity index (χ4n) is 3.87. The van der Waals surface area contributed by atoms with Gasteiger partial charge in [0, 0.05) is 30.5 Å². The zero-order valence-corrected chi connectivity index (χ0v) is 21.0. The van der Waals surface area contributed by atoms with Crippen LogP contribution in [-0.2, 0) is 29.0 Å². The highest BCUT2D eigenvalue weighted by Gasteiger charge is 2.30. The molecule has 2 atom stereocenters. The first kappa shape index (κ1) is 26.4. The number of hydrogen-bond acceptors (Lipinski definition) is 2. The van der Waals surface area contributed by atoms with Crippen LogP contribution in [0.15, 0.2) is 78.9 Å². The standard InChI is InChI=1S/C29H32ClFN2O2/c1-3-21(2)32-29(35)27(19-22-9-5-4-6-10-22)33(20-23-13-16-25(31)17-14-23)28(34)18-15-24-11-7-8-12-26(24)30/h4-14,16-17,21,27H,3,15,18-20H2,1-2H3,(H,32,35)/t21-,27+/m0/s1. The van der Waals surface area contributed by atoms with Gasteiger partial charge in [-0.1, -0.05) is 79.2 Å². The van der Waals surface area contributed by atoms with E-state index in [2.05, 4.69) is 5.32 Å². The van der Waals surface area contributed by atoms with Gasteiger partial charge in [-0.2, -0.15) is 0 Å². The van der Waals surface area contributed by atoms with E-state index in [1.54, 1.807) is 23.1 Å². The third-order valence-electron chi connectivity index (χ3n) is 6.10. The topological polar surface area (TPSA) is 49.4 Å². The van der Waals surface area contributed by atoms with Crippen LogP contribution in [0, 0.1) is 5.82 Å². The highest BCUT2D eigenvalue weighted by Crippen LogP contribution is 2.20. The highest BCUT2D eigenvalue weighted by atomic mass is 35.5. The van der Waals surface area contributed by atoms with Crippen LogP contribution < -0.4 is 5.32 Å². The molecule has 35 heavy (non-hydrogen) atoms. The number of halogens is 2. The lowest BCUT2D eigenvalue weighted by Gasteiger charge is -2.32. The molecule has 0 saturated heterocycles. The lowest BCUT2D eigenvalue weighted by molar-refractivity contribution is -0.141. The van der Waals surface area contributed by atoms with E-state index in [1.807, 2.05) is 62.4 Å². The summed E-state index contributed by atoms with van der Waals surface area (Å²) in [5.74, 6) is -0.702. The van der Waals surface area contributed by atoms with Crippen LogP contribution in [0.4, 0.5) is 4.39 Å². The Morgan fingerprint density at radius 3 is 2.26 bits per heavy atom. The van der Waals surface area contributed by atoms with Crippen molar-refractivity contribution in [2.24, 2.45) is 0 Å². The van der Waals surface area contributed by atoms with Crippen LogP contribution in [0.2, 0.25) is 5.02 Å². The summed E-state index contributed by atoms with van der Waals surface area (Å²) in [6, 6.07) is 22.4. The Labute approximate surface area is 212 Å². The quantitative estimate of drug-likeness (QED) is 0.357. The summed E-state index contributed by atoms with van der Waals surface area (Å²) in [5.41, 5.74) is 2.60. The van der Waals surface area contributed by atoms with E-state index in [1.165, 1.54) is 12.1 Å². The second-order valence-corrected chi connectivity index (χ2v) is 9.17. The first-order valence-electron chi connectivity index (χ1n) is 12.0. The Bertz CT molecular complexity index is 1110. The second-order valence-electron chi connectivity index (χ2n) is 8.76. The van der Waals surface area contributed by atoms with Crippen molar-refractivity contribution in [3.05, 3.63) is 106 Å². The average molecular weight is 495 g/mol. The number of rotatable bonds is 11. The summed E-state index contributed by atoms with van der Waals surface area (Å²) < 4.78 is 13.5. The molecule has 0 heterocycles. The fraction of sp³-hybridized carbons (Fsp3) is 0.310. The molecule has 0 unspecified atom stereocenters. The Morgan fingerprint density at radius 1 is 0.943 bits per heavy atom. The Morgan fingerprint density at radius 2 is 1.60 bits per heavy atom. The van der Waals surface area contributed by atoms with Crippen molar-refractivity contribution in [1.29, 1.82) is 0 Å². The number of hydrogen-bond donors (Lipinski definition) is 1. The molecule has 0 aliphatic rings. The molecule has 0 bridgehead atoms. The van der Waals surface area contributed by atoms with E-state index < -0.39 is 6.04 Å². The first-order valence-corrected chi connectivity index (χ1v) is 12.4. The molecule has 0 spiro atoms. The minimum Gasteiger partial charge on any atom is -0.352 e. The summed E-state index contributed by atoms with van der Waals surface area (Å²) in [4.78, 5) is 28.7. The molecule has 0 aliphatic carbocycles. The molecule has 3 aromatic rings. The zero-order valence-electron chi connectivity index (χ0n) is 20.2. The van der Waals surface area contributed by atoms with Gasteiger partial charge in [0.1, 0.15) is 11.9 Å². The van der Waals surface area contributed by atoms with Gasteiger partial charge in [-0.3, -0.25) is 9.59 Å². The zero-order chi connectivity index (χ0) is 25.2. The summed E-state index contributed by atoms with van der Waals surface area (Å²) >= 11 is 6.30. The van der Waals surface area contributed by atoms with E-state index in [9.17, 15) is 14.0 Å². The minimum absolute atomic E-state index is 0.0216. The molecule has 0 saturated carbocycles. The van der Waals surface area contributed by atoms with Gasteiger partial charge in [0.15, 0.2) is 0 Å². The maximum Gasteiger partial charge on any atom is 0.243 e. The van der Waals surface area contributed by atoms with Crippen LogP contribution in [-0.4, -0.2) is 28.8 Å². The molecule has 4 nitrogen and oxygen atoms in total. The third-order valence-corrected chi connectivity index (χ3v) is 6.47. The van der Waals surface area contributed by atoms with Crippen LogP contribution in [0.1, 0.15) is 43.4 Å². The molecular weight excluding hydrogens is 463 g/mol. The van der Waals surface area contributed by atoms with Gasteiger partial charge in [-0.15, -0.1) is 0 Å². The molecule has 3 rings (SSSR count). The number of nitrogens with zero attached hydrogens (tertiary/aromatic N) is 1. The Hall–Kier alpha value is -3.18. The molecule has 0 aliphatic heterocycles. The van der Waals surface area contributed by atoms with Crippen molar-refractivity contribution in [2.75, 3.05) is 0 Å². The van der Waals surface area contributed by atoms with Gasteiger partial charge < -0.3 is 10.2 Å². The molecule has 184 valence electrons. The monoisotopic (exact) mass is 494 g/mol. The van der Waals surface area contributed by atoms with Crippen molar-refractivity contribution in [3.63, 3.8) is 0 Å². The number of nitrogens with one attached hydrogen (secondary N) is 1. The van der Waals surface area contributed by atoms with Crippen LogP contribution in [0.3, 0.4) is 0 Å². The maximum atomic E-state index is 13.6. The van der Waals surface area contributed by atoms with Gasteiger partial charge in [0.05, 0.1) is 0 Å². The number of carbonyl (C=O) groups excluding carboxylic acids is 2. The normalized spacial score (nSPS) is 12.6. The van der Waals surface area contributed by atoms with Crippen LogP contribution >= 0.6 is 11.6 Å². The van der Waals surface area contributed by atoms with E-state index in [0.717, 1.165) is 23.1 Å². The van der Waals surface area contributed by atoms with Crippen molar-refractivity contribution < 1.29 is 14.0 Å². The fourth-order valence-corrected chi connectivity index (χ4v) is 4.10. The maximum absolute atomic E-state index is 13.6. The molecule has 1 N–H and O–H groups in total. The first-order chi connectivity index (χ1) is 16.9. The predicted octanol–water partition coefficient (Wildman–Crippen LogP) is 5.97. The van der Waals surface area contributed by atoms with Crippen molar-refractivity contribution in [1.82, 2.24) is 10.2 Å². The minimum atomic E-state index is -0.713.